The molecule has 1 N–H and O–H groups in total. The van der Waals surface area contributed by atoms with E-state index in [4.69, 9.17) is 25.8 Å². The standard InChI is InChI=1S/C17H15ClN2O7/c1-25-14-6-3-10(7-15(14)26-2)17(22)27-9-16(21)19-11-4-5-12(18)13(8-11)20(23)24/h3-8H,9H2,1-2H3,(H,19,21). The van der Waals surface area contributed by atoms with Crippen LogP contribution in [0.25, 0.3) is 0 Å². The van der Waals surface area contributed by atoms with Gasteiger partial charge in [-0.05, 0) is 30.3 Å². The maximum absolute atomic E-state index is 12.1. The molecule has 10 heteroatoms. The first-order valence-corrected chi connectivity index (χ1v) is 7.86. The maximum Gasteiger partial charge on any atom is 0.338 e. The largest absolute Gasteiger partial charge is 0.493 e. The van der Waals surface area contributed by atoms with Crippen molar-refractivity contribution >= 4 is 34.9 Å². The zero-order valence-corrected chi connectivity index (χ0v) is 15.1. The van der Waals surface area contributed by atoms with Gasteiger partial charge in [0.1, 0.15) is 5.02 Å². The Kier molecular flexibility index (Phi) is 6.56. The Balaban J connectivity index is 1.98. The number of benzene rings is 2. The van der Waals surface area contributed by atoms with E-state index >= 15 is 0 Å². The number of hydrogen-bond donors (Lipinski definition) is 1. The lowest BCUT2D eigenvalue weighted by atomic mass is 10.2. The maximum atomic E-state index is 12.1. The summed E-state index contributed by atoms with van der Waals surface area (Å²) in [5.41, 5.74) is -0.0300. The molecule has 0 heterocycles. The molecule has 0 aliphatic heterocycles. The first kappa shape index (κ1) is 20.0. The molecule has 0 saturated carbocycles. The third kappa shape index (κ3) is 5.08. The number of methoxy groups -OCH3 is 2. The van der Waals surface area contributed by atoms with E-state index in [1.807, 2.05) is 0 Å². The number of ether oxygens (including phenoxy) is 3. The van der Waals surface area contributed by atoms with Gasteiger partial charge < -0.3 is 19.5 Å². The fraction of sp³-hybridized carbons (Fsp3) is 0.176. The fourth-order valence-electron chi connectivity index (χ4n) is 2.11. The molecule has 0 spiro atoms. The van der Waals surface area contributed by atoms with E-state index in [2.05, 4.69) is 5.32 Å². The molecule has 0 aliphatic rings. The Morgan fingerprint density at radius 1 is 1.11 bits per heavy atom. The van der Waals surface area contributed by atoms with E-state index in [1.165, 1.54) is 44.6 Å². The van der Waals surface area contributed by atoms with Crippen LogP contribution in [-0.4, -0.2) is 37.6 Å². The van der Waals surface area contributed by atoms with Crippen LogP contribution in [0.4, 0.5) is 11.4 Å². The number of anilines is 1. The van der Waals surface area contributed by atoms with Crippen molar-refractivity contribution in [1.29, 1.82) is 0 Å². The van der Waals surface area contributed by atoms with E-state index in [0.29, 0.717) is 11.5 Å². The van der Waals surface area contributed by atoms with Crippen LogP contribution in [0.5, 0.6) is 11.5 Å². The molecule has 0 fully saturated rings. The minimum atomic E-state index is -0.742. The highest BCUT2D eigenvalue weighted by atomic mass is 35.5. The average Bonchev–Trinajstić information content (AvgIpc) is 2.66. The van der Waals surface area contributed by atoms with E-state index in [-0.39, 0.29) is 22.0 Å². The summed E-state index contributed by atoms with van der Waals surface area (Å²) >= 11 is 5.70. The topological polar surface area (TPSA) is 117 Å². The van der Waals surface area contributed by atoms with Crippen molar-refractivity contribution in [2.24, 2.45) is 0 Å². The van der Waals surface area contributed by atoms with Crippen molar-refractivity contribution in [3.63, 3.8) is 0 Å². The zero-order valence-electron chi connectivity index (χ0n) is 14.4. The Morgan fingerprint density at radius 2 is 1.81 bits per heavy atom. The lowest BCUT2D eigenvalue weighted by Gasteiger charge is -2.10. The van der Waals surface area contributed by atoms with Crippen LogP contribution < -0.4 is 14.8 Å². The Bertz CT molecular complexity index is 886. The molecule has 142 valence electrons. The Hall–Kier alpha value is -3.33. The third-order valence-electron chi connectivity index (χ3n) is 3.38. The van der Waals surface area contributed by atoms with Gasteiger partial charge in [-0.2, -0.15) is 0 Å². The van der Waals surface area contributed by atoms with Gasteiger partial charge in [-0.1, -0.05) is 11.6 Å². The van der Waals surface area contributed by atoms with Crippen LogP contribution in [-0.2, 0) is 9.53 Å². The first-order valence-electron chi connectivity index (χ1n) is 7.48. The van der Waals surface area contributed by atoms with Gasteiger partial charge >= 0.3 is 5.97 Å². The van der Waals surface area contributed by atoms with Crippen molar-refractivity contribution in [1.82, 2.24) is 0 Å². The molecule has 2 aromatic rings. The van der Waals surface area contributed by atoms with Gasteiger partial charge in [0, 0.05) is 11.8 Å². The van der Waals surface area contributed by atoms with Gasteiger partial charge in [0.2, 0.25) is 0 Å². The Morgan fingerprint density at radius 3 is 2.44 bits per heavy atom. The summed E-state index contributed by atoms with van der Waals surface area (Å²) in [4.78, 5) is 34.1. The van der Waals surface area contributed by atoms with Crippen LogP contribution in [0.3, 0.4) is 0 Å². The number of nitrogens with one attached hydrogen (secondary N) is 1. The van der Waals surface area contributed by atoms with Crippen LogP contribution in [0.2, 0.25) is 5.02 Å². The number of nitro benzene ring substituents is 1. The lowest BCUT2D eigenvalue weighted by molar-refractivity contribution is -0.384. The zero-order chi connectivity index (χ0) is 20.0. The van der Waals surface area contributed by atoms with E-state index in [0.717, 1.165) is 6.07 Å². The minimum absolute atomic E-state index is 0.0575. The monoisotopic (exact) mass is 394 g/mol. The molecule has 9 nitrogen and oxygen atoms in total. The number of carbonyl (C=O) groups is 2. The average molecular weight is 395 g/mol. The summed E-state index contributed by atoms with van der Waals surface area (Å²) < 4.78 is 15.1. The van der Waals surface area contributed by atoms with Crippen molar-refractivity contribution < 1.29 is 28.7 Å². The number of halogens is 1. The van der Waals surface area contributed by atoms with E-state index in [1.54, 1.807) is 0 Å². The van der Waals surface area contributed by atoms with Gasteiger partial charge in [-0.25, -0.2) is 4.79 Å². The molecule has 0 atom stereocenters. The molecule has 2 aromatic carbocycles. The Labute approximate surface area is 158 Å². The van der Waals surface area contributed by atoms with Gasteiger partial charge in [0.05, 0.1) is 24.7 Å². The second kappa shape index (κ2) is 8.86. The highest BCUT2D eigenvalue weighted by Crippen LogP contribution is 2.28. The summed E-state index contributed by atoms with van der Waals surface area (Å²) in [5.74, 6) is -0.630. The second-order valence-electron chi connectivity index (χ2n) is 5.12. The molecule has 0 radical (unpaired) electrons. The van der Waals surface area contributed by atoms with Gasteiger partial charge in [0.25, 0.3) is 11.6 Å². The summed E-state index contributed by atoms with van der Waals surface area (Å²) in [6, 6.07) is 8.19. The van der Waals surface area contributed by atoms with Crippen molar-refractivity contribution in [3.05, 3.63) is 57.1 Å². The highest BCUT2D eigenvalue weighted by molar-refractivity contribution is 6.32. The predicted octanol–water partition coefficient (Wildman–Crippen LogP) is 3.06. The molecule has 0 unspecified atom stereocenters. The minimum Gasteiger partial charge on any atom is -0.493 e. The summed E-state index contributed by atoms with van der Waals surface area (Å²) in [7, 11) is 2.88. The molecular weight excluding hydrogens is 380 g/mol. The molecule has 1 amide bonds. The number of nitro groups is 1. The van der Waals surface area contributed by atoms with Gasteiger partial charge in [-0.15, -0.1) is 0 Å². The van der Waals surface area contributed by atoms with Gasteiger partial charge in [0.15, 0.2) is 18.1 Å². The molecule has 0 saturated heterocycles. The van der Waals surface area contributed by atoms with Crippen molar-refractivity contribution in [2.75, 3.05) is 26.1 Å². The molecule has 0 aromatic heterocycles. The number of amides is 1. The van der Waals surface area contributed by atoms with Crippen molar-refractivity contribution in [2.45, 2.75) is 0 Å². The van der Waals surface area contributed by atoms with Crippen LogP contribution >= 0.6 is 11.6 Å². The number of esters is 1. The smallest absolute Gasteiger partial charge is 0.338 e. The SMILES string of the molecule is COc1ccc(C(=O)OCC(=O)Nc2ccc(Cl)c([N+](=O)[O-])c2)cc1OC. The van der Waals surface area contributed by atoms with Crippen LogP contribution in [0.15, 0.2) is 36.4 Å². The summed E-state index contributed by atoms with van der Waals surface area (Å²) in [6.45, 7) is -0.580. The van der Waals surface area contributed by atoms with Gasteiger partial charge in [-0.3, -0.25) is 14.9 Å². The number of hydrogen-bond acceptors (Lipinski definition) is 7. The molecule has 0 aliphatic carbocycles. The number of rotatable bonds is 7. The second-order valence-corrected chi connectivity index (χ2v) is 5.52. The number of nitrogens with zero attached hydrogens (tertiary/aromatic N) is 1. The predicted molar refractivity (Wildman–Crippen MR) is 96.6 cm³/mol. The third-order valence-corrected chi connectivity index (χ3v) is 3.70. The lowest BCUT2D eigenvalue weighted by Crippen LogP contribution is -2.21. The van der Waals surface area contributed by atoms with Crippen LogP contribution in [0, 0.1) is 10.1 Å². The summed E-state index contributed by atoms with van der Waals surface area (Å²) in [6.07, 6.45) is 0. The normalized spacial score (nSPS) is 10.0. The molecule has 27 heavy (non-hydrogen) atoms. The van der Waals surface area contributed by atoms with Crippen LogP contribution in [0.1, 0.15) is 10.4 Å². The van der Waals surface area contributed by atoms with E-state index < -0.39 is 23.4 Å². The first-order chi connectivity index (χ1) is 12.8. The fourth-order valence-corrected chi connectivity index (χ4v) is 2.29. The van der Waals surface area contributed by atoms with E-state index in [9.17, 15) is 19.7 Å². The highest BCUT2D eigenvalue weighted by Gasteiger charge is 2.16. The molecule has 2 rings (SSSR count). The molecule has 0 bridgehead atoms. The quantitative estimate of drug-likeness (QED) is 0.435. The van der Waals surface area contributed by atoms with Crippen molar-refractivity contribution in [3.8, 4) is 11.5 Å². The number of carbonyl (C=O) groups excluding carboxylic acids is 2. The molecular formula is C17H15ClN2O7. The summed E-state index contributed by atoms with van der Waals surface area (Å²) in [5, 5.41) is 13.2.